The van der Waals surface area contributed by atoms with E-state index in [4.69, 9.17) is 0 Å². The van der Waals surface area contributed by atoms with Gasteiger partial charge in [0.1, 0.15) is 6.29 Å². The molecule has 0 aromatic carbocycles. The van der Waals surface area contributed by atoms with Crippen molar-refractivity contribution in [1.82, 2.24) is 4.90 Å². The van der Waals surface area contributed by atoms with Gasteiger partial charge in [0.25, 0.3) is 0 Å². The van der Waals surface area contributed by atoms with E-state index in [0.717, 1.165) is 19.1 Å². The van der Waals surface area contributed by atoms with Crippen LogP contribution in [0.4, 0.5) is 0 Å². The molecule has 1 aliphatic carbocycles. The summed E-state index contributed by atoms with van der Waals surface area (Å²) in [5.74, 6) is 0. The first-order chi connectivity index (χ1) is 5.34. The summed E-state index contributed by atoms with van der Waals surface area (Å²) in [7, 11) is 2.01. The highest BCUT2D eigenvalue weighted by Gasteiger charge is 2.13. The Kier molecular flexibility index (Phi) is 3.30. The van der Waals surface area contributed by atoms with Gasteiger partial charge in [-0.05, 0) is 26.3 Å². The van der Waals surface area contributed by atoms with Crippen molar-refractivity contribution in [2.75, 3.05) is 13.6 Å². The normalized spacial score (nSPS) is 24.0. The van der Waals surface area contributed by atoms with Crippen LogP contribution in [0.25, 0.3) is 0 Å². The van der Waals surface area contributed by atoms with Gasteiger partial charge in [-0.25, -0.2) is 0 Å². The van der Waals surface area contributed by atoms with Crippen LogP contribution < -0.4 is 0 Å². The third kappa shape index (κ3) is 2.46. The molecule has 11 heavy (non-hydrogen) atoms. The zero-order chi connectivity index (χ0) is 8.10. The summed E-state index contributed by atoms with van der Waals surface area (Å²) in [6.07, 6.45) is 8.85. The van der Waals surface area contributed by atoms with E-state index in [1.165, 1.54) is 6.42 Å². The summed E-state index contributed by atoms with van der Waals surface area (Å²) in [5, 5.41) is 0. The van der Waals surface area contributed by atoms with E-state index in [-0.39, 0.29) is 0 Å². The second-order valence-electron chi connectivity index (χ2n) is 3.04. The highest BCUT2D eigenvalue weighted by molar-refractivity contribution is 5.51. The number of nitrogens with zero attached hydrogens (tertiary/aromatic N) is 1. The van der Waals surface area contributed by atoms with E-state index in [2.05, 4.69) is 17.1 Å². The maximum absolute atomic E-state index is 10.2. The summed E-state index contributed by atoms with van der Waals surface area (Å²) in [6.45, 7) is 0.568. The molecule has 62 valence electrons. The Morgan fingerprint density at radius 2 is 2.45 bits per heavy atom. The second kappa shape index (κ2) is 4.29. The molecule has 0 saturated carbocycles. The van der Waals surface area contributed by atoms with Gasteiger partial charge < -0.3 is 4.79 Å². The average Bonchev–Trinajstić information content (AvgIpc) is 2.07. The number of carbonyl (C=O) groups excluding carboxylic acids is 1. The van der Waals surface area contributed by atoms with Crippen molar-refractivity contribution in [3.8, 4) is 0 Å². The number of aldehydes is 1. The van der Waals surface area contributed by atoms with E-state index >= 15 is 0 Å². The van der Waals surface area contributed by atoms with Crippen LogP contribution in [-0.2, 0) is 4.79 Å². The minimum Gasteiger partial charge on any atom is -0.302 e. The van der Waals surface area contributed by atoms with Gasteiger partial charge in [-0.3, -0.25) is 4.90 Å². The van der Waals surface area contributed by atoms with Gasteiger partial charge in [0.2, 0.25) is 0 Å². The number of rotatable bonds is 3. The third-order valence-electron chi connectivity index (χ3n) is 2.23. The molecular formula is C9H15NO. The summed E-state index contributed by atoms with van der Waals surface area (Å²) in [5.41, 5.74) is 0. The van der Waals surface area contributed by atoms with E-state index in [9.17, 15) is 4.79 Å². The molecule has 0 spiro atoms. The largest absolute Gasteiger partial charge is 0.302 e. The molecule has 2 heteroatoms. The van der Waals surface area contributed by atoms with Crippen LogP contribution in [0.3, 0.4) is 0 Å². The van der Waals surface area contributed by atoms with Crippen LogP contribution >= 0.6 is 0 Å². The molecule has 0 N–H and O–H groups in total. The first kappa shape index (κ1) is 8.47. The molecule has 1 unspecified atom stereocenters. The van der Waals surface area contributed by atoms with Gasteiger partial charge in [-0.15, -0.1) is 0 Å². The Morgan fingerprint density at radius 1 is 1.64 bits per heavy atom. The van der Waals surface area contributed by atoms with E-state index in [0.29, 0.717) is 12.6 Å². The van der Waals surface area contributed by atoms with Crippen molar-refractivity contribution in [3.63, 3.8) is 0 Å². The van der Waals surface area contributed by atoms with Crippen molar-refractivity contribution in [2.45, 2.75) is 25.3 Å². The predicted molar refractivity (Wildman–Crippen MR) is 45.5 cm³/mol. The lowest BCUT2D eigenvalue weighted by Crippen LogP contribution is -2.33. The van der Waals surface area contributed by atoms with Crippen LogP contribution in [0.2, 0.25) is 0 Å². The quantitative estimate of drug-likeness (QED) is 0.449. The topological polar surface area (TPSA) is 20.3 Å². The first-order valence-electron chi connectivity index (χ1n) is 4.13. The molecule has 0 radical (unpaired) electrons. The highest BCUT2D eigenvalue weighted by Crippen LogP contribution is 2.14. The number of allylic oxidation sites excluding steroid dienone is 1. The number of carbonyl (C=O) groups is 1. The third-order valence-corrected chi connectivity index (χ3v) is 2.23. The summed E-state index contributed by atoms with van der Waals surface area (Å²) >= 11 is 0. The smallest absolute Gasteiger partial charge is 0.133 e. The Bertz CT molecular complexity index is 154. The van der Waals surface area contributed by atoms with Crippen molar-refractivity contribution >= 4 is 6.29 Å². The lowest BCUT2D eigenvalue weighted by molar-refractivity contribution is -0.109. The van der Waals surface area contributed by atoms with Crippen molar-refractivity contribution < 1.29 is 4.79 Å². The second-order valence-corrected chi connectivity index (χ2v) is 3.04. The number of hydrogen-bond acceptors (Lipinski definition) is 2. The van der Waals surface area contributed by atoms with Crippen molar-refractivity contribution in [3.05, 3.63) is 12.2 Å². The fourth-order valence-electron chi connectivity index (χ4n) is 1.44. The Labute approximate surface area is 67.9 Å². The minimum atomic E-state index is 0.568. The highest BCUT2D eigenvalue weighted by atomic mass is 16.1. The molecule has 0 fully saturated rings. The molecule has 1 atom stereocenters. The summed E-state index contributed by atoms with van der Waals surface area (Å²) < 4.78 is 0. The fraction of sp³-hybridized carbons (Fsp3) is 0.667. The average molecular weight is 153 g/mol. The Balaban J connectivity index is 2.33. The van der Waals surface area contributed by atoms with Gasteiger partial charge in [-0.1, -0.05) is 12.2 Å². The molecule has 2 nitrogen and oxygen atoms in total. The monoisotopic (exact) mass is 153 g/mol. The van der Waals surface area contributed by atoms with E-state index < -0.39 is 0 Å². The Morgan fingerprint density at radius 3 is 3.00 bits per heavy atom. The van der Waals surface area contributed by atoms with Crippen LogP contribution in [-0.4, -0.2) is 30.8 Å². The number of likely N-dealkylation sites (N-methyl/N-ethyl adjacent to an activating group) is 1. The van der Waals surface area contributed by atoms with Crippen molar-refractivity contribution in [1.29, 1.82) is 0 Å². The lowest BCUT2D eigenvalue weighted by Gasteiger charge is -2.26. The summed E-state index contributed by atoms with van der Waals surface area (Å²) in [6, 6.07) is 0.588. The molecule has 0 amide bonds. The van der Waals surface area contributed by atoms with Gasteiger partial charge in [-0.2, -0.15) is 0 Å². The summed E-state index contributed by atoms with van der Waals surface area (Å²) in [4.78, 5) is 12.3. The Hall–Kier alpha value is -0.630. The van der Waals surface area contributed by atoms with Gasteiger partial charge in [0.15, 0.2) is 0 Å². The van der Waals surface area contributed by atoms with Crippen LogP contribution in [0.15, 0.2) is 12.2 Å². The van der Waals surface area contributed by atoms with Crippen LogP contribution in [0, 0.1) is 0 Å². The zero-order valence-electron chi connectivity index (χ0n) is 6.99. The minimum absolute atomic E-state index is 0.568. The maximum atomic E-state index is 10.2. The molecule has 1 rings (SSSR count). The van der Waals surface area contributed by atoms with E-state index in [1.54, 1.807) is 0 Å². The van der Waals surface area contributed by atoms with Gasteiger partial charge in [0, 0.05) is 6.04 Å². The molecule has 0 heterocycles. The molecule has 0 saturated heterocycles. The van der Waals surface area contributed by atoms with E-state index in [1.807, 2.05) is 7.05 Å². The zero-order valence-corrected chi connectivity index (χ0v) is 6.99. The fourth-order valence-corrected chi connectivity index (χ4v) is 1.44. The van der Waals surface area contributed by atoms with Crippen molar-refractivity contribution in [2.24, 2.45) is 0 Å². The molecule has 0 bridgehead atoms. The van der Waals surface area contributed by atoms with Crippen LogP contribution in [0.1, 0.15) is 19.3 Å². The first-order valence-corrected chi connectivity index (χ1v) is 4.13. The maximum Gasteiger partial charge on any atom is 0.133 e. The SMILES string of the molecule is CN(CC=O)C1CC=CCC1. The number of hydrogen-bond donors (Lipinski definition) is 0. The molecule has 0 aromatic heterocycles. The van der Waals surface area contributed by atoms with Gasteiger partial charge >= 0.3 is 0 Å². The molecular weight excluding hydrogens is 138 g/mol. The van der Waals surface area contributed by atoms with Crippen LogP contribution in [0.5, 0.6) is 0 Å². The predicted octanol–water partition coefficient (Wildman–Crippen LogP) is 1.23. The van der Waals surface area contributed by atoms with Gasteiger partial charge in [0.05, 0.1) is 6.54 Å². The molecule has 0 aliphatic heterocycles. The molecule has 1 aliphatic rings. The lowest BCUT2D eigenvalue weighted by atomic mass is 10.0. The molecule has 0 aromatic rings. The standard InChI is InChI=1S/C9H15NO/c1-10(7-8-11)9-5-3-2-4-6-9/h2-3,8-9H,4-7H2,1H3.